The molecule has 0 saturated heterocycles. The molecule has 1 aliphatic rings. The number of ether oxygens (including phenoxy) is 1. The normalized spacial score (nSPS) is 16.1. The topological polar surface area (TPSA) is 80.2 Å². The number of methoxy groups -OCH3 is 1. The Balaban J connectivity index is 1.51. The van der Waals surface area contributed by atoms with Gasteiger partial charge < -0.3 is 18.9 Å². The molecule has 8 heteroatoms. The van der Waals surface area contributed by atoms with Gasteiger partial charge in [-0.3, -0.25) is 4.79 Å². The van der Waals surface area contributed by atoms with Crippen LogP contribution in [0, 0.1) is 0 Å². The summed E-state index contributed by atoms with van der Waals surface area (Å²) in [5.41, 5.74) is 1.41. The van der Waals surface area contributed by atoms with Crippen LogP contribution in [0.1, 0.15) is 24.0 Å². The number of hydrazone groups is 1. The number of halogens is 1. The van der Waals surface area contributed by atoms with Crippen molar-refractivity contribution in [3.63, 3.8) is 0 Å². The molecule has 4 rings (SSSR count). The molecule has 3 aromatic rings. The molecule has 1 amide bonds. The zero-order valence-electron chi connectivity index (χ0n) is 15.1. The minimum absolute atomic E-state index is 0.0504. The van der Waals surface area contributed by atoms with Gasteiger partial charge in [0.1, 0.15) is 29.0 Å². The zero-order chi connectivity index (χ0) is 19.5. The van der Waals surface area contributed by atoms with Gasteiger partial charge in [-0.15, -0.1) is 0 Å². The summed E-state index contributed by atoms with van der Waals surface area (Å²) in [5.74, 6) is 1.69. The highest BCUT2D eigenvalue weighted by Gasteiger charge is 2.35. The van der Waals surface area contributed by atoms with Crippen LogP contribution >= 0.6 is 11.6 Å². The predicted octanol–water partition coefficient (Wildman–Crippen LogP) is 4.32. The Kier molecular flexibility index (Phi) is 5.08. The molecule has 3 heterocycles. The van der Waals surface area contributed by atoms with Crippen molar-refractivity contribution in [1.29, 1.82) is 0 Å². The number of nitrogens with zero attached hydrogens (tertiary/aromatic N) is 2. The summed E-state index contributed by atoms with van der Waals surface area (Å²) in [6.07, 6.45) is 3.68. The number of carbonyl (C=O) groups is 1. The molecular weight excluding hydrogens is 382 g/mol. The van der Waals surface area contributed by atoms with Crippen molar-refractivity contribution in [2.45, 2.75) is 12.5 Å². The summed E-state index contributed by atoms with van der Waals surface area (Å²) in [6.45, 7) is 0.0504. The molecule has 28 heavy (non-hydrogen) atoms. The minimum atomic E-state index is -0.316. The Morgan fingerprint density at radius 1 is 1.29 bits per heavy atom. The Hall–Kier alpha value is -3.19. The molecule has 1 aliphatic heterocycles. The van der Waals surface area contributed by atoms with Crippen molar-refractivity contribution in [2.24, 2.45) is 5.10 Å². The Morgan fingerprint density at radius 2 is 2.11 bits per heavy atom. The molecule has 0 saturated carbocycles. The van der Waals surface area contributed by atoms with Crippen LogP contribution in [-0.4, -0.2) is 30.3 Å². The Labute approximate surface area is 166 Å². The number of hydrogen-bond donors (Lipinski definition) is 1. The number of carbonyl (C=O) groups excluding carboxylic acids is 1. The van der Waals surface area contributed by atoms with Crippen LogP contribution in [0.4, 0.5) is 5.69 Å². The molecule has 144 valence electrons. The van der Waals surface area contributed by atoms with Crippen molar-refractivity contribution in [3.8, 4) is 5.75 Å². The molecule has 0 aliphatic carbocycles. The zero-order valence-corrected chi connectivity index (χ0v) is 15.8. The van der Waals surface area contributed by atoms with Crippen LogP contribution < -0.4 is 10.1 Å². The summed E-state index contributed by atoms with van der Waals surface area (Å²) in [6, 6.07) is 12.2. The molecular formula is C20H18ClN3O4. The van der Waals surface area contributed by atoms with E-state index in [0.717, 1.165) is 0 Å². The molecule has 0 fully saturated rings. The van der Waals surface area contributed by atoms with Gasteiger partial charge in [0.05, 0.1) is 31.2 Å². The van der Waals surface area contributed by atoms with E-state index in [4.69, 9.17) is 25.2 Å². The smallest absolute Gasteiger partial charge is 0.262 e. The highest BCUT2D eigenvalue weighted by molar-refractivity contribution is 6.32. The second kappa shape index (κ2) is 7.82. The lowest BCUT2D eigenvalue weighted by molar-refractivity contribution is -0.131. The standard InChI is InChI=1S/C20H18ClN3O4/c1-26-17-7-6-13(10-14(17)21)22-12-20(25)24-16(19-5-3-9-28-19)11-15(23-24)18-4-2-8-27-18/h2-10,16,22H,11-12H2,1H3. The number of amides is 1. The van der Waals surface area contributed by atoms with Gasteiger partial charge in [0.15, 0.2) is 0 Å². The fourth-order valence-electron chi connectivity index (χ4n) is 3.07. The van der Waals surface area contributed by atoms with Gasteiger partial charge in [-0.1, -0.05) is 11.6 Å². The fraction of sp³-hybridized carbons (Fsp3) is 0.200. The quantitative estimate of drug-likeness (QED) is 0.667. The van der Waals surface area contributed by atoms with E-state index in [1.807, 2.05) is 12.1 Å². The van der Waals surface area contributed by atoms with Gasteiger partial charge in [0, 0.05) is 12.1 Å². The third-order valence-corrected chi connectivity index (χ3v) is 4.73. The van der Waals surface area contributed by atoms with E-state index in [9.17, 15) is 4.79 Å². The van der Waals surface area contributed by atoms with Gasteiger partial charge in [0.25, 0.3) is 5.91 Å². The molecule has 1 N–H and O–H groups in total. The van der Waals surface area contributed by atoms with Crippen molar-refractivity contribution < 1.29 is 18.4 Å². The van der Waals surface area contributed by atoms with E-state index in [2.05, 4.69) is 10.4 Å². The van der Waals surface area contributed by atoms with E-state index in [1.165, 1.54) is 5.01 Å². The minimum Gasteiger partial charge on any atom is -0.495 e. The predicted molar refractivity (Wildman–Crippen MR) is 105 cm³/mol. The van der Waals surface area contributed by atoms with Crippen LogP contribution in [0.5, 0.6) is 5.75 Å². The van der Waals surface area contributed by atoms with E-state index >= 15 is 0 Å². The van der Waals surface area contributed by atoms with Crippen molar-refractivity contribution in [2.75, 3.05) is 19.0 Å². The summed E-state index contributed by atoms with van der Waals surface area (Å²) in [4.78, 5) is 12.9. The summed E-state index contributed by atoms with van der Waals surface area (Å²) < 4.78 is 16.1. The molecule has 2 aromatic heterocycles. The number of rotatable bonds is 6. The van der Waals surface area contributed by atoms with Crippen LogP contribution in [0.2, 0.25) is 5.02 Å². The molecule has 0 spiro atoms. The monoisotopic (exact) mass is 399 g/mol. The van der Waals surface area contributed by atoms with E-state index < -0.39 is 0 Å². The van der Waals surface area contributed by atoms with Crippen LogP contribution in [0.15, 0.2) is 68.9 Å². The SMILES string of the molecule is COc1ccc(NCC(=O)N2N=C(c3ccco3)CC2c2ccco2)cc1Cl. The number of hydrogen-bond acceptors (Lipinski definition) is 6. The van der Waals surface area contributed by atoms with Gasteiger partial charge in [-0.2, -0.15) is 5.10 Å². The number of anilines is 1. The first-order chi connectivity index (χ1) is 13.7. The second-order valence-corrected chi connectivity index (χ2v) is 6.61. The maximum Gasteiger partial charge on any atom is 0.262 e. The van der Waals surface area contributed by atoms with E-state index in [1.54, 1.807) is 50.0 Å². The van der Waals surface area contributed by atoms with Crippen LogP contribution in [-0.2, 0) is 4.79 Å². The first-order valence-electron chi connectivity index (χ1n) is 8.70. The summed E-state index contributed by atoms with van der Waals surface area (Å²) >= 11 is 6.13. The third kappa shape index (κ3) is 3.61. The second-order valence-electron chi connectivity index (χ2n) is 6.20. The van der Waals surface area contributed by atoms with Gasteiger partial charge in [0.2, 0.25) is 0 Å². The highest BCUT2D eigenvalue weighted by atomic mass is 35.5. The van der Waals surface area contributed by atoms with Gasteiger partial charge >= 0.3 is 0 Å². The number of nitrogens with one attached hydrogen (secondary N) is 1. The number of benzene rings is 1. The molecule has 0 bridgehead atoms. The molecule has 1 aromatic carbocycles. The fourth-order valence-corrected chi connectivity index (χ4v) is 3.33. The molecule has 1 unspecified atom stereocenters. The first kappa shape index (κ1) is 18.2. The maximum absolute atomic E-state index is 12.9. The largest absolute Gasteiger partial charge is 0.495 e. The Bertz CT molecular complexity index is 983. The molecule has 0 radical (unpaired) electrons. The van der Waals surface area contributed by atoms with Crippen molar-refractivity contribution >= 4 is 28.9 Å². The highest BCUT2D eigenvalue weighted by Crippen LogP contribution is 2.33. The van der Waals surface area contributed by atoms with Crippen LogP contribution in [0.3, 0.4) is 0 Å². The third-order valence-electron chi connectivity index (χ3n) is 4.44. The van der Waals surface area contributed by atoms with Crippen LogP contribution in [0.25, 0.3) is 0 Å². The lowest BCUT2D eigenvalue weighted by atomic mass is 10.1. The van der Waals surface area contributed by atoms with Crippen molar-refractivity contribution in [1.82, 2.24) is 5.01 Å². The lowest BCUT2D eigenvalue weighted by Gasteiger charge is -2.20. The lowest BCUT2D eigenvalue weighted by Crippen LogP contribution is -2.32. The molecule has 7 nitrogen and oxygen atoms in total. The Morgan fingerprint density at radius 3 is 2.79 bits per heavy atom. The van der Waals surface area contributed by atoms with Gasteiger partial charge in [-0.05, 0) is 42.5 Å². The molecule has 1 atom stereocenters. The van der Waals surface area contributed by atoms with Crippen molar-refractivity contribution in [3.05, 3.63) is 71.5 Å². The average Bonchev–Trinajstić information content (AvgIpc) is 3.46. The summed E-state index contributed by atoms with van der Waals surface area (Å²) in [5, 5.41) is 9.46. The first-order valence-corrected chi connectivity index (χ1v) is 9.07. The average molecular weight is 400 g/mol. The maximum atomic E-state index is 12.9. The van der Waals surface area contributed by atoms with E-state index in [-0.39, 0.29) is 18.5 Å². The van der Waals surface area contributed by atoms with Gasteiger partial charge in [-0.25, -0.2) is 5.01 Å². The van der Waals surface area contributed by atoms with E-state index in [0.29, 0.717) is 40.1 Å². The number of furan rings is 2. The summed E-state index contributed by atoms with van der Waals surface area (Å²) in [7, 11) is 1.55.